The maximum absolute atomic E-state index is 14.2. The normalized spacial score (nSPS) is 30.0. The van der Waals surface area contributed by atoms with E-state index < -0.39 is 0 Å². The summed E-state index contributed by atoms with van der Waals surface area (Å²) < 4.78 is 15.0. The van der Waals surface area contributed by atoms with Crippen LogP contribution in [0.4, 0.5) is 9.52 Å². The average molecular weight is 438 g/mol. The summed E-state index contributed by atoms with van der Waals surface area (Å²) in [5.74, 6) is 2.10. The second-order valence-electron chi connectivity index (χ2n) is 9.54. The molecule has 4 aliphatic rings. The van der Waals surface area contributed by atoms with Crippen LogP contribution in [0.15, 0.2) is 18.2 Å². The number of nitrogens with zero attached hydrogens (tertiary/aromatic N) is 3. The van der Waals surface area contributed by atoms with Crippen molar-refractivity contribution in [3.05, 3.63) is 24.0 Å². The number of fused-ring (bicyclic) bond motifs is 1. The zero-order valence-corrected chi connectivity index (χ0v) is 18.7. The molecular weight excluding hydrogens is 409 g/mol. The van der Waals surface area contributed by atoms with Crippen molar-refractivity contribution in [2.45, 2.75) is 38.5 Å². The van der Waals surface area contributed by atoms with Gasteiger partial charge in [0.2, 0.25) is 5.91 Å². The van der Waals surface area contributed by atoms with Crippen molar-refractivity contribution in [1.29, 1.82) is 0 Å². The maximum Gasteiger partial charge on any atom is 0.235 e. The van der Waals surface area contributed by atoms with E-state index in [1.165, 1.54) is 36.7 Å². The van der Waals surface area contributed by atoms with Crippen molar-refractivity contribution < 1.29 is 9.18 Å². The summed E-state index contributed by atoms with van der Waals surface area (Å²) in [6, 6.07) is 5.04. The number of halogens is 2. The molecule has 4 bridgehead atoms. The summed E-state index contributed by atoms with van der Waals surface area (Å²) >= 11 is 1.44. The third-order valence-electron chi connectivity index (χ3n) is 7.10. The number of carbonyl (C=O) groups excluding carboxylic acids is 1. The first-order valence-electron chi connectivity index (χ1n) is 10.5. The van der Waals surface area contributed by atoms with Gasteiger partial charge < -0.3 is 4.90 Å². The largest absolute Gasteiger partial charge is 0.308 e. The van der Waals surface area contributed by atoms with Crippen molar-refractivity contribution >= 4 is 45.0 Å². The molecule has 4 aliphatic carbocycles. The first-order chi connectivity index (χ1) is 13.4. The van der Waals surface area contributed by atoms with Crippen LogP contribution < -0.4 is 4.90 Å². The standard InChI is InChI=1S/C22H28FN3OS.ClH/c1-25(2)6-7-26(21-24-19-17(23)4-3-5-18(19)28-21)20(27)22-11-14-8-15(12-22)10-16(9-14)13-22;/h3-5,14-16H,6-13H2,1-2H3;1H. The molecule has 158 valence electrons. The molecule has 6 rings (SSSR count). The average Bonchev–Trinajstić information content (AvgIpc) is 3.06. The molecule has 0 atom stereocenters. The first-order valence-corrected chi connectivity index (χ1v) is 11.3. The Bertz CT molecular complexity index is 879. The second-order valence-corrected chi connectivity index (χ2v) is 10.6. The van der Waals surface area contributed by atoms with Gasteiger partial charge in [-0.15, -0.1) is 12.4 Å². The molecule has 7 heteroatoms. The Balaban J connectivity index is 0.00000205. The molecule has 2 aromatic rings. The Morgan fingerprint density at radius 3 is 2.31 bits per heavy atom. The van der Waals surface area contributed by atoms with Crippen LogP contribution in [0.1, 0.15) is 38.5 Å². The van der Waals surface area contributed by atoms with E-state index in [1.54, 1.807) is 6.07 Å². The van der Waals surface area contributed by atoms with Crippen molar-refractivity contribution in [3.63, 3.8) is 0 Å². The fraction of sp³-hybridized carbons (Fsp3) is 0.636. The molecule has 0 saturated heterocycles. The van der Waals surface area contributed by atoms with Crippen LogP contribution in [0.2, 0.25) is 0 Å². The van der Waals surface area contributed by atoms with Crippen LogP contribution in [-0.2, 0) is 4.79 Å². The molecule has 0 spiro atoms. The number of para-hydroxylation sites is 1. The lowest BCUT2D eigenvalue weighted by Crippen LogP contribution is -2.55. The van der Waals surface area contributed by atoms with E-state index in [9.17, 15) is 9.18 Å². The summed E-state index contributed by atoms with van der Waals surface area (Å²) in [7, 11) is 4.04. The van der Waals surface area contributed by atoms with E-state index in [0.717, 1.165) is 48.3 Å². The van der Waals surface area contributed by atoms with Gasteiger partial charge in [0, 0.05) is 13.1 Å². The SMILES string of the molecule is CN(C)CCN(C(=O)C12CC3CC(CC(C3)C1)C2)c1nc2c(F)cccc2s1.Cl. The minimum Gasteiger partial charge on any atom is -0.308 e. The molecule has 1 aromatic heterocycles. The van der Waals surface area contributed by atoms with E-state index in [0.29, 0.717) is 17.2 Å². The van der Waals surface area contributed by atoms with Gasteiger partial charge in [-0.3, -0.25) is 9.69 Å². The van der Waals surface area contributed by atoms with Gasteiger partial charge in [0.05, 0.1) is 10.1 Å². The summed E-state index contributed by atoms with van der Waals surface area (Å²) in [6.07, 6.45) is 7.06. The lowest BCUT2D eigenvalue weighted by molar-refractivity contribution is -0.143. The quantitative estimate of drug-likeness (QED) is 0.662. The Morgan fingerprint density at radius 2 is 1.76 bits per heavy atom. The molecule has 1 amide bonds. The van der Waals surface area contributed by atoms with Crippen molar-refractivity contribution in [2.75, 3.05) is 32.1 Å². The van der Waals surface area contributed by atoms with Crippen molar-refractivity contribution in [1.82, 2.24) is 9.88 Å². The van der Waals surface area contributed by atoms with Gasteiger partial charge in [0.1, 0.15) is 11.3 Å². The molecule has 29 heavy (non-hydrogen) atoms. The number of thiazole rings is 1. The third-order valence-corrected chi connectivity index (χ3v) is 8.14. The number of aromatic nitrogens is 1. The molecule has 0 aliphatic heterocycles. The fourth-order valence-corrected chi connectivity index (χ4v) is 7.27. The third kappa shape index (κ3) is 3.68. The zero-order chi connectivity index (χ0) is 19.5. The maximum atomic E-state index is 14.2. The zero-order valence-electron chi connectivity index (χ0n) is 17.1. The van der Waals surface area contributed by atoms with Gasteiger partial charge in [0.15, 0.2) is 5.13 Å². The van der Waals surface area contributed by atoms with Crippen LogP contribution in [0.25, 0.3) is 10.2 Å². The summed E-state index contributed by atoms with van der Waals surface area (Å²) in [5, 5.41) is 0.655. The summed E-state index contributed by atoms with van der Waals surface area (Å²) in [6.45, 7) is 1.38. The fourth-order valence-electron chi connectivity index (χ4n) is 6.26. The number of hydrogen-bond acceptors (Lipinski definition) is 4. The van der Waals surface area contributed by atoms with E-state index in [1.807, 2.05) is 25.1 Å². The minimum absolute atomic E-state index is 0. The van der Waals surface area contributed by atoms with Gasteiger partial charge in [-0.2, -0.15) is 0 Å². The van der Waals surface area contributed by atoms with Crippen molar-refractivity contribution in [2.24, 2.45) is 23.2 Å². The molecule has 4 nitrogen and oxygen atoms in total. The number of likely N-dealkylation sites (N-methyl/N-ethyl adjacent to an activating group) is 1. The Morgan fingerprint density at radius 1 is 1.14 bits per heavy atom. The highest BCUT2D eigenvalue weighted by Gasteiger charge is 2.56. The number of amides is 1. The van der Waals surface area contributed by atoms with Crippen LogP contribution in [0.3, 0.4) is 0 Å². The van der Waals surface area contributed by atoms with E-state index in [4.69, 9.17) is 0 Å². The van der Waals surface area contributed by atoms with Gasteiger partial charge in [-0.05, 0) is 82.5 Å². The topological polar surface area (TPSA) is 36.4 Å². The molecule has 1 heterocycles. The van der Waals surface area contributed by atoms with Crippen LogP contribution in [0.5, 0.6) is 0 Å². The predicted octanol–water partition coefficient (Wildman–Crippen LogP) is 4.97. The van der Waals surface area contributed by atoms with E-state index in [2.05, 4.69) is 9.88 Å². The molecule has 0 unspecified atom stereocenters. The highest BCUT2D eigenvalue weighted by atomic mass is 35.5. The molecule has 0 N–H and O–H groups in total. The van der Waals surface area contributed by atoms with Crippen LogP contribution in [0, 0.1) is 29.0 Å². The summed E-state index contributed by atoms with van der Waals surface area (Å²) in [5.41, 5.74) is 0.174. The molecule has 4 saturated carbocycles. The van der Waals surface area contributed by atoms with Crippen molar-refractivity contribution in [3.8, 4) is 0 Å². The number of carbonyl (C=O) groups is 1. The summed E-state index contributed by atoms with van der Waals surface area (Å²) in [4.78, 5) is 22.5. The van der Waals surface area contributed by atoms with E-state index in [-0.39, 0.29) is 29.5 Å². The predicted molar refractivity (Wildman–Crippen MR) is 118 cm³/mol. The lowest BCUT2D eigenvalue weighted by atomic mass is 9.49. The van der Waals surface area contributed by atoms with Crippen LogP contribution >= 0.6 is 23.7 Å². The van der Waals surface area contributed by atoms with Gasteiger partial charge in [-0.25, -0.2) is 9.37 Å². The van der Waals surface area contributed by atoms with Crippen LogP contribution in [-0.4, -0.2) is 43.0 Å². The lowest BCUT2D eigenvalue weighted by Gasteiger charge is -2.56. The number of anilines is 1. The number of hydrogen-bond donors (Lipinski definition) is 0. The highest BCUT2D eigenvalue weighted by molar-refractivity contribution is 7.22. The van der Waals surface area contributed by atoms with Gasteiger partial charge >= 0.3 is 0 Å². The second kappa shape index (κ2) is 7.78. The molecular formula is C22H29ClFN3OS. The number of rotatable bonds is 5. The smallest absolute Gasteiger partial charge is 0.235 e. The Labute approximate surface area is 181 Å². The Hall–Kier alpha value is -1.24. The van der Waals surface area contributed by atoms with Gasteiger partial charge in [-0.1, -0.05) is 17.4 Å². The highest BCUT2D eigenvalue weighted by Crippen LogP contribution is 2.60. The van der Waals surface area contributed by atoms with Gasteiger partial charge in [0.25, 0.3) is 0 Å². The Kier molecular flexibility index (Phi) is 5.64. The number of benzene rings is 1. The first kappa shape index (κ1) is 21.0. The van der Waals surface area contributed by atoms with E-state index >= 15 is 0 Å². The molecule has 0 radical (unpaired) electrons. The monoisotopic (exact) mass is 437 g/mol. The minimum atomic E-state index is -0.310. The molecule has 4 fully saturated rings. The molecule has 1 aromatic carbocycles.